The minimum absolute atomic E-state index is 0.0997. The van der Waals surface area contributed by atoms with Gasteiger partial charge in [0, 0.05) is 56.6 Å². The number of nitrogens with one attached hydrogen (secondary N) is 2. The highest BCUT2D eigenvalue weighted by atomic mass is 32.2. The molecule has 1 fully saturated rings. The van der Waals surface area contributed by atoms with Crippen LogP contribution < -0.4 is 10.6 Å². The molecule has 0 bridgehead atoms. The Morgan fingerprint density at radius 1 is 0.800 bits per heavy atom. The average Bonchev–Trinajstić information content (AvgIpc) is 2.86. The predicted octanol–water partition coefficient (Wildman–Crippen LogP) is 3.40. The Balaban J connectivity index is 1.39. The first-order valence-corrected chi connectivity index (χ1v) is 12.8. The molecule has 2 N–H and O–H groups in total. The van der Waals surface area contributed by atoms with E-state index in [1.165, 1.54) is 28.9 Å². The summed E-state index contributed by atoms with van der Waals surface area (Å²) in [4.78, 5) is 26.2. The van der Waals surface area contributed by atoms with Crippen LogP contribution in [0.3, 0.4) is 0 Å². The number of rotatable bonds is 7. The van der Waals surface area contributed by atoms with Crippen molar-refractivity contribution in [3.05, 3.63) is 90.0 Å². The van der Waals surface area contributed by atoms with Crippen molar-refractivity contribution in [2.75, 3.05) is 36.8 Å². The van der Waals surface area contributed by atoms with Gasteiger partial charge in [-0.2, -0.15) is 4.31 Å². The number of benzene rings is 3. The van der Waals surface area contributed by atoms with Crippen LogP contribution >= 0.6 is 0 Å². The molecule has 9 heteroatoms. The number of carbonyl (C=O) groups excluding carboxylic acids is 2. The van der Waals surface area contributed by atoms with E-state index in [0.29, 0.717) is 37.6 Å². The number of sulfonamides is 1. The van der Waals surface area contributed by atoms with Gasteiger partial charge in [-0.1, -0.05) is 36.4 Å². The van der Waals surface area contributed by atoms with Crippen LogP contribution in [0, 0.1) is 0 Å². The highest BCUT2D eigenvalue weighted by Crippen LogP contribution is 2.21. The summed E-state index contributed by atoms with van der Waals surface area (Å²) in [6, 6.07) is 22.9. The van der Waals surface area contributed by atoms with Gasteiger partial charge < -0.3 is 10.6 Å². The number of anilines is 2. The summed E-state index contributed by atoms with van der Waals surface area (Å²) in [6.45, 7) is 4.28. The SMILES string of the molecule is CC(=O)Nc1ccc(NC(=O)c2cccc(S(=O)(=O)N3CCN(Cc4ccccc4)CC3)c2)cc1. The van der Waals surface area contributed by atoms with Gasteiger partial charge in [0.1, 0.15) is 0 Å². The van der Waals surface area contributed by atoms with Crippen LogP contribution in [0.4, 0.5) is 11.4 Å². The van der Waals surface area contributed by atoms with Crippen LogP contribution in [-0.2, 0) is 21.4 Å². The fourth-order valence-electron chi connectivity index (χ4n) is 3.96. The Morgan fingerprint density at radius 2 is 1.43 bits per heavy atom. The van der Waals surface area contributed by atoms with Gasteiger partial charge in [-0.3, -0.25) is 14.5 Å². The van der Waals surface area contributed by atoms with Crippen molar-refractivity contribution in [2.24, 2.45) is 0 Å². The van der Waals surface area contributed by atoms with Crippen LogP contribution in [0.5, 0.6) is 0 Å². The zero-order chi connectivity index (χ0) is 24.8. The first-order valence-electron chi connectivity index (χ1n) is 11.4. The van der Waals surface area contributed by atoms with Crippen molar-refractivity contribution in [1.29, 1.82) is 0 Å². The standard InChI is InChI=1S/C26H28N4O4S/c1-20(31)27-23-10-12-24(13-11-23)28-26(32)22-8-5-9-25(18-22)35(33,34)30-16-14-29(15-17-30)19-21-6-3-2-4-7-21/h2-13,18H,14-17,19H2,1H3,(H,27,31)(H,28,32). The number of nitrogens with zero attached hydrogens (tertiary/aromatic N) is 2. The summed E-state index contributed by atoms with van der Waals surface area (Å²) >= 11 is 0. The van der Waals surface area contributed by atoms with Crippen LogP contribution in [-0.4, -0.2) is 55.6 Å². The number of carbonyl (C=O) groups is 2. The molecule has 0 radical (unpaired) electrons. The molecule has 0 aliphatic carbocycles. The van der Waals surface area contributed by atoms with Crippen LogP contribution in [0.1, 0.15) is 22.8 Å². The van der Waals surface area contributed by atoms with Gasteiger partial charge in [-0.05, 0) is 48.0 Å². The van der Waals surface area contributed by atoms with E-state index >= 15 is 0 Å². The van der Waals surface area contributed by atoms with Crippen molar-refractivity contribution in [1.82, 2.24) is 9.21 Å². The smallest absolute Gasteiger partial charge is 0.255 e. The van der Waals surface area contributed by atoms with E-state index in [0.717, 1.165) is 6.54 Å². The average molecular weight is 493 g/mol. The van der Waals surface area contributed by atoms with Gasteiger partial charge in [0.25, 0.3) is 5.91 Å². The second kappa shape index (κ2) is 10.8. The van der Waals surface area contributed by atoms with E-state index in [1.54, 1.807) is 36.4 Å². The molecule has 0 atom stereocenters. The molecule has 1 saturated heterocycles. The molecule has 3 aromatic rings. The maximum atomic E-state index is 13.3. The minimum Gasteiger partial charge on any atom is -0.326 e. The summed E-state index contributed by atoms with van der Waals surface area (Å²) in [5.74, 6) is -0.598. The molecule has 182 valence electrons. The zero-order valence-corrected chi connectivity index (χ0v) is 20.3. The first-order chi connectivity index (χ1) is 16.8. The van der Waals surface area contributed by atoms with Crippen LogP contribution in [0.15, 0.2) is 83.8 Å². The third-order valence-corrected chi connectivity index (χ3v) is 7.67. The highest BCUT2D eigenvalue weighted by Gasteiger charge is 2.29. The van der Waals surface area contributed by atoms with Gasteiger partial charge in [-0.15, -0.1) is 0 Å². The van der Waals surface area contributed by atoms with E-state index in [2.05, 4.69) is 27.7 Å². The van der Waals surface area contributed by atoms with Gasteiger partial charge >= 0.3 is 0 Å². The second-order valence-corrected chi connectivity index (χ2v) is 10.3. The van der Waals surface area contributed by atoms with Gasteiger partial charge in [0.2, 0.25) is 15.9 Å². The maximum Gasteiger partial charge on any atom is 0.255 e. The van der Waals surface area contributed by atoms with Crippen LogP contribution in [0.25, 0.3) is 0 Å². The molecular weight excluding hydrogens is 464 g/mol. The number of hydrogen-bond donors (Lipinski definition) is 2. The molecule has 0 unspecified atom stereocenters. The lowest BCUT2D eigenvalue weighted by Crippen LogP contribution is -2.48. The Labute approximate surface area is 205 Å². The molecule has 0 saturated carbocycles. The molecule has 35 heavy (non-hydrogen) atoms. The Bertz CT molecular complexity index is 1290. The molecule has 1 aliphatic rings. The predicted molar refractivity (Wildman–Crippen MR) is 136 cm³/mol. The van der Waals surface area contributed by atoms with Crippen molar-refractivity contribution >= 4 is 33.2 Å². The molecule has 3 aromatic carbocycles. The lowest BCUT2D eigenvalue weighted by atomic mass is 10.2. The van der Waals surface area contributed by atoms with Gasteiger partial charge in [0.15, 0.2) is 0 Å². The summed E-state index contributed by atoms with van der Waals surface area (Å²) in [6.07, 6.45) is 0. The largest absolute Gasteiger partial charge is 0.326 e. The summed E-state index contributed by atoms with van der Waals surface area (Å²) < 4.78 is 28.0. The van der Waals surface area contributed by atoms with E-state index in [9.17, 15) is 18.0 Å². The summed E-state index contributed by atoms with van der Waals surface area (Å²) in [5.41, 5.74) is 2.60. The lowest BCUT2D eigenvalue weighted by Gasteiger charge is -2.34. The Morgan fingerprint density at radius 3 is 2.06 bits per heavy atom. The third kappa shape index (κ3) is 6.33. The van der Waals surface area contributed by atoms with E-state index in [4.69, 9.17) is 0 Å². The summed E-state index contributed by atoms with van der Waals surface area (Å²) in [5, 5.41) is 5.42. The third-order valence-electron chi connectivity index (χ3n) is 5.78. The van der Waals surface area contributed by atoms with Crippen LogP contribution in [0.2, 0.25) is 0 Å². The van der Waals surface area contributed by atoms with E-state index in [1.807, 2.05) is 18.2 Å². The molecule has 8 nitrogen and oxygen atoms in total. The molecular formula is C26H28N4O4S. The lowest BCUT2D eigenvalue weighted by molar-refractivity contribution is -0.114. The highest BCUT2D eigenvalue weighted by molar-refractivity contribution is 7.89. The topological polar surface area (TPSA) is 98.8 Å². The quantitative estimate of drug-likeness (QED) is 0.527. The number of piperazine rings is 1. The molecule has 0 aromatic heterocycles. The molecule has 2 amide bonds. The van der Waals surface area contributed by atoms with Crippen molar-refractivity contribution in [3.63, 3.8) is 0 Å². The van der Waals surface area contributed by atoms with Gasteiger partial charge in [-0.25, -0.2) is 8.42 Å². The zero-order valence-electron chi connectivity index (χ0n) is 19.5. The molecule has 0 spiro atoms. The van der Waals surface area contributed by atoms with Gasteiger partial charge in [0.05, 0.1) is 4.90 Å². The normalized spacial score (nSPS) is 14.9. The number of hydrogen-bond acceptors (Lipinski definition) is 5. The fourth-order valence-corrected chi connectivity index (χ4v) is 5.43. The van der Waals surface area contributed by atoms with Crippen molar-refractivity contribution in [2.45, 2.75) is 18.4 Å². The fraction of sp³-hybridized carbons (Fsp3) is 0.231. The molecule has 4 rings (SSSR count). The monoisotopic (exact) mass is 492 g/mol. The minimum atomic E-state index is -3.72. The van der Waals surface area contributed by atoms with E-state index in [-0.39, 0.29) is 16.4 Å². The maximum absolute atomic E-state index is 13.3. The molecule has 1 heterocycles. The summed E-state index contributed by atoms with van der Waals surface area (Å²) in [7, 11) is -3.72. The van der Waals surface area contributed by atoms with Crippen molar-refractivity contribution in [3.8, 4) is 0 Å². The Hall–Kier alpha value is -3.53. The first kappa shape index (κ1) is 24.6. The molecule has 1 aliphatic heterocycles. The van der Waals surface area contributed by atoms with E-state index < -0.39 is 15.9 Å². The second-order valence-electron chi connectivity index (χ2n) is 8.41. The number of amides is 2. The Kier molecular flexibility index (Phi) is 7.60. The van der Waals surface area contributed by atoms with Crippen molar-refractivity contribution < 1.29 is 18.0 Å².